The van der Waals surface area contributed by atoms with Gasteiger partial charge in [-0.3, -0.25) is 4.79 Å². The second-order valence-electron chi connectivity index (χ2n) is 7.00. The third-order valence-corrected chi connectivity index (χ3v) is 6.00. The molecule has 0 aliphatic rings. The van der Waals surface area contributed by atoms with Crippen LogP contribution >= 0.6 is 15.9 Å². The molecule has 1 heterocycles. The highest BCUT2D eigenvalue weighted by Crippen LogP contribution is 2.45. The first-order valence-electron chi connectivity index (χ1n) is 9.56. The number of halogens is 1. The van der Waals surface area contributed by atoms with Gasteiger partial charge in [0.2, 0.25) is 0 Å². The molecule has 156 valence electrons. The average molecular weight is 487 g/mol. The normalized spacial score (nSPS) is 11.6. The molecule has 1 N–H and O–H groups in total. The summed E-state index contributed by atoms with van der Waals surface area (Å²) in [5, 5.41) is 31.4. The van der Waals surface area contributed by atoms with Gasteiger partial charge in [0.1, 0.15) is 17.9 Å². The van der Waals surface area contributed by atoms with Crippen molar-refractivity contribution >= 4 is 43.7 Å². The van der Waals surface area contributed by atoms with Crippen LogP contribution in [0.15, 0.2) is 53.0 Å². The number of phenolic OH excluding ortho intramolecular Hbond substituents is 1. The van der Waals surface area contributed by atoms with Crippen molar-refractivity contribution in [2.75, 3.05) is 7.11 Å². The fourth-order valence-corrected chi connectivity index (χ4v) is 4.39. The predicted octanol–water partition coefficient (Wildman–Crippen LogP) is 4.69. The molecule has 0 saturated carbocycles. The summed E-state index contributed by atoms with van der Waals surface area (Å²) < 4.78 is 5.65. The Morgan fingerprint density at radius 3 is 2.25 bits per heavy atom. The van der Waals surface area contributed by atoms with E-state index in [0.717, 1.165) is 10.0 Å². The Morgan fingerprint density at radius 1 is 1.03 bits per heavy atom. The number of fused-ring (bicyclic) bond motifs is 3. The molecular weight excluding hydrogens is 472 g/mol. The van der Waals surface area contributed by atoms with E-state index in [4.69, 9.17) is 4.74 Å². The molecule has 0 saturated heterocycles. The van der Waals surface area contributed by atoms with E-state index >= 15 is 0 Å². The quantitative estimate of drug-likeness (QED) is 0.328. The highest BCUT2D eigenvalue weighted by molar-refractivity contribution is 9.10. The van der Waals surface area contributed by atoms with Gasteiger partial charge in [0.05, 0.1) is 24.6 Å². The smallest absolute Gasteiger partial charge is 0.306 e. The number of carbonyl (C=O) groups excluding carboxylic acids is 1. The second kappa shape index (κ2) is 8.62. The van der Waals surface area contributed by atoms with E-state index in [1.807, 2.05) is 36.4 Å². The number of ether oxygens (including phenoxy) is 1. The number of nitriles is 2. The molecule has 0 aliphatic heterocycles. The molecule has 32 heavy (non-hydrogen) atoms. The molecule has 8 heteroatoms. The molecule has 1 aromatic heterocycles. The van der Waals surface area contributed by atoms with E-state index in [1.165, 1.54) is 7.11 Å². The summed E-state index contributed by atoms with van der Waals surface area (Å²) >= 11 is 3.53. The third-order valence-electron chi connectivity index (χ3n) is 5.28. The second-order valence-corrected chi connectivity index (χ2v) is 7.86. The maximum absolute atomic E-state index is 12.4. The molecule has 0 fully saturated rings. The Bertz CT molecular complexity index is 1470. The van der Waals surface area contributed by atoms with Crippen LogP contribution in [0.25, 0.3) is 21.8 Å². The van der Waals surface area contributed by atoms with Crippen LogP contribution in [-0.2, 0) is 9.53 Å². The minimum Gasteiger partial charge on any atom is -0.507 e. The number of nitrogens with zero attached hydrogens (tertiary/aromatic N) is 4. The first-order chi connectivity index (χ1) is 15.5. The van der Waals surface area contributed by atoms with Crippen LogP contribution in [0.5, 0.6) is 5.75 Å². The van der Waals surface area contributed by atoms with Gasteiger partial charge in [-0.2, -0.15) is 10.5 Å². The topological polar surface area (TPSA) is 120 Å². The highest BCUT2D eigenvalue weighted by Gasteiger charge is 2.29. The summed E-state index contributed by atoms with van der Waals surface area (Å²) in [7, 11) is 1.30. The lowest BCUT2D eigenvalue weighted by Crippen LogP contribution is -2.13. The summed E-state index contributed by atoms with van der Waals surface area (Å²) in [5.41, 5.74) is 1.43. The molecule has 1 unspecified atom stereocenters. The molecule has 0 aliphatic carbocycles. The highest BCUT2D eigenvalue weighted by atomic mass is 79.9. The van der Waals surface area contributed by atoms with Gasteiger partial charge in [-0.1, -0.05) is 58.4 Å². The monoisotopic (exact) mass is 486 g/mol. The van der Waals surface area contributed by atoms with Crippen LogP contribution in [0, 0.1) is 22.7 Å². The van der Waals surface area contributed by atoms with Crippen molar-refractivity contribution in [3.63, 3.8) is 0 Å². The zero-order valence-electron chi connectivity index (χ0n) is 16.8. The zero-order valence-corrected chi connectivity index (χ0v) is 18.4. The molecule has 0 radical (unpaired) electrons. The summed E-state index contributed by atoms with van der Waals surface area (Å²) in [6, 6.07) is 18.2. The number of benzene rings is 3. The molecular formula is C24H15BrN4O3. The summed E-state index contributed by atoms with van der Waals surface area (Å²) in [6.07, 6.45) is -0.0797. The summed E-state index contributed by atoms with van der Waals surface area (Å²) in [6.45, 7) is 0. The lowest BCUT2D eigenvalue weighted by atomic mass is 9.85. The Morgan fingerprint density at radius 2 is 1.62 bits per heavy atom. The zero-order chi connectivity index (χ0) is 22.8. The van der Waals surface area contributed by atoms with Crippen molar-refractivity contribution in [2.24, 2.45) is 0 Å². The van der Waals surface area contributed by atoms with Crippen LogP contribution in [0.2, 0.25) is 0 Å². The Balaban J connectivity index is 2.18. The van der Waals surface area contributed by atoms with Crippen molar-refractivity contribution in [3.05, 3.63) is 75.5 Å². The average Bonchev–Trinajstić information content (AvgIpc) is 2.83. The van der Waals surface area contributed by atoms with Crippen LogP contribution in [0.1, 0.15) is 34.9 Å². The van der Waals surface area contributed by atoms with Crippen molar-refractivity contribution in [2.45, 2.75) is 12.3 Å². The van der Waals surface area contributed by atoms with E-state index in [-0.39, 0.29) is 29.1 Å². The molecule has 1 atom stereocenters. The Labute approximate surface area is 191 Å². The predicted molar refractivity (Wildman–Crippen MR) is 121 cm³/mol. The fourth-order valence-electron chi connectivity index (χ4n) is 3.83. The number of hydrogen-bond acceptors (Lipinski definition) is 7. The number of esters is 1. The van der Waals surface area contributed by atoms with Crippen molar-refractivity contribution < 1.29 is 14.6 Å². The van der Waals surface area contributed by atoms with Gasteiger partial charge in [-0.15, -0.1) is 0 Å². The Kier molecular flexibility index (Phi) is 5.72. The van der Waals surface area contributed by atoms with Gasteiger partial charge in [-0.05, 0) is 11.6 Å². The number of hydrogen-bond donors (Lipinski definition) is 1. The van der Waals surface area contributed by atoms with E-state index in [0.29, 0.717) is 21.9 Å². The molecule has 0 amide bonds. The lowest BCUT2D eigenvalue weighted by Gasteiger charge is -2.22. The maximum atomic E-state index is 12.4. The van der Waals surface area contributed by atoms with Gasteiger partial charge in [0.25, 0.3) is 0 Å². The number of carbonyl (C=O) groups is 1. The minimum absolute atomic E-state index is 0.0688. The van der Waals surface area contributed by atoms with Gasteiger partial charge in [0.15, 0.2) is 11.4 Å². The molecule has 4 rings (SSSR count). The lowest BCUT2D eigenvalue weighted by molar-refractivity contribution is -0.140. The van der Waals surface area contributed by atoms with Crippen molar-refractivity contribution in [3.8, 4) is 17.9 Å². The number of aromatic nitrogens is 2. The molecule has 3 aromatic carbocycles. The number of methoxy groups -OCH3 is 1. The van der Waals surface area contributed by atoms with E-state index in [9.17, 15) is 20.4 Å². The van der Waals surface area contributed by atoms with Gasteiger partial charge in [0, 0.05) is 26.7 Å². The third kappa shape index (κ3) is 3.51. The SMILES string of the molecule is COC(=O)CC(c1ccccc1Br)c1c(O)c2ccccc2c2nc(C#N)c(C#N)nc12. The first kappa shape index (κ1) is 21.2. The van der Waals surface area contributed by atoms with E-state index in [2.05, 4.69) is 25.9 Å². The van der Waals surface area contributed by atoms with Gasteiger partial charge >= 0.3 is 5.97 Å². The number of phenols is 1. The van der Waals surface area contributed by atoms with Crippen molar-refractivity contribution in [1.29, 1.82) is 10.5 Å². The fraction of sp³-hybridized carbons (Fsp3) is 0.125. The first-order valence-corrected chi connectivity index (χ1v) is 10.4. The van der Waals surface area contributed by atoms with Crippen LogP contribution in [0.4, 0.5) is 0 Å². The van der Waals surface area contributed by atoms with Gasteiger partial charge < -0.3 is 9.84 Å². The largest absolute Gasteiger partial charge is 0.507 e. The minimum atomic E-state index is -0.654. The van der Waals surface area contributed by atoms with Crippen molar-refractivity contribution in [1.82, 2.24) is 9.97 Å². The van der Waals surface area contributed by atoms with Gasteiger partial charge in [-0.25, -0.2) is 9.97 Å². The summed E-state index contributed by atoms with van der Waals surface area (Å²) in [5.74, 6) is -1.20. The molecule has 0 spiro atoms. The van der Waals surface area contributed by atoms with Crippen LogP contribution in [0.3, 0.4) is 0 Å². The van der Waals surface area contributed by atoms with E-state index < -0.39 is 11.9 Å². The Hall–Kier alpha value is -4.01. The van der Waals surface area contributed by atoms with E-state index in [1.54, 1.807) is 24.3 Å². The van der Waals surface area contributed by atoms with Crippen LogP contribution < -0.4 is 0 Å². The van der Waals surface area contributed by atoms with Crippen LogP contribution in [-0.4, -0.2) is 28.2 Å². The molecule has 4 aromatic rings. The maximum Gasteiger partial charge on any atom is 0.306 e. The number of aromatic hydroxyl groups is 1. The molecule has 0 bridgehead atoms. The standard InChI is InChI=1S/C24H15BrN4O3/c1-32-20(30)10-16(13-6-4-5-9-17(13)25)21-23-22(28-18(11-26)19(12-27)29-23)14-7-2-3-8-15(14)24(21)31/h2-9,16,31H,10H2,1H3. The summed E-state index contributed by atoms with van der Waals surface area (Å²) in [4.78, 5) is 21.2. The number of rotatable bonds is 4. The molecule has 7 nitrogen and oxygen atoms in total.